The molecule has 0 aromatic rings. The van der Waals surface area contributed by atoms with Gasteiger partial charge in [-0.25, -0.2) is 0 Å². The Kier molecular flexibility index (Phi) is 5.46. The summed E-state index contributed by atoms with van der Waals surface area (Å²) in [6, 6.07) is 0.101. The van der Waals surface area contributed by atoms with Crippen LogP contribution in [-0.2, 0) is 0 Å². The van der Waals surface area contributed by atoms with E-state index in [-0.39, 0.29) is 18.8 Å². The first-order valence-electron chi connectivity index (χ1n) is 4.10. The Hall–Kier alpha value is -0.120. The predicted molar refractivity (Wildman–Crippen MR) is 45.4 cm³/mol. The molecule has 0 saturated carbocycles. The number of rotatable bonds is 5. The van der Waals surface area contributed by atoms with Crippen molar-refractivity contribution in [3.63, 3.8) is 0 Å². The Morgan fingerprint density at radius 2 is 1.82 bits per heavy atom. The normalized spacial score (nSPS) is 16.9. The van der Waals surface area contributed by atoms with Crippen LogP contribution in [0.4, 0.5) is 0 Å². The van der Waals surface area contributed by atoms with Crippen molar-refractivity contribution in [1.82, 2.24) is 5.32 Å². The van der Waals surface area contributed by atoms with E-state index in [2.05, 4.69) is 5.32 Å². The van der Waals surface area contributed by atoms with Crippen molar-refractivity contribution in [1.29, 1.82) is 0 Å². The summed E-state index contributed by atoms with van der Waals surface area (Å²) in [6.07, 6.45) is -0.345. The van der Waals surface area contributed by atoms with Gasteiger partial charge in [0.25, 0.3) is 0 Å². The second-order valence-electron chi connectivity index (χ2n) is 3.29. The first kappa shape index (κ1) is 10.9. The molecule has 68 valence electrons. The molecule has 0 fully saturated rings. The topological polar surface area (TPSA) is 52.5 Å². The van der Waals surface area contributed by atoms with Crippen LogP contribution in [0.2, 0.25) is 0 Å². The van der Waals surface area contributed by atoms with Gasteiger partial charge < -0.3 is 15.5 Å². The van der Waals surface area contributed by atoms with E-state index in [1.165, 1.54) is 0 Å². The number of nitrogens with one attached hydrogen (secondary N) is 1. The van der Waals surface area contributed by atoms with Crippen LogP contribution in [0, 0.1) is 5.92 Å². The second-order valence-corrected chi connectivity index (χ2v) is 3.29. The van der Waals surface area contributed by atoms with Crippen LogP contribution >= 0.6 is 0 Å². The molecule has 3 nitrogen and oxygen atoms in total. The van der Waals surface area contributed by atoms with Crippen molar-refractivity contribution < 1.29 is 10.2 Å². The third kappa shape index (κ3) is 5.18. The van der Waals surface area contributed by atoms with E-state index in [1.54, 1.807) is 6.92 Å². The van der Waals surface area contributed by atoms with Gasteiger partial charge in [-0.05, 0) is 12.8 Å². The summed E-state index contributed by atoms with van der Waals surface area (Å²) >= 11 is 0. The van der Waals surface area contributed by atoms with E-state index in [1.807, 2.05) is 13.8 Å². The van der Waals surface area contributed by atoms with Crippen molar-refractivity contribution in [3.8, 4) is 0 Å². The fourth-order valence-electron chi connectivity index (χ4n) is 0.833. The van der Waals surface area contributed by atoms with E-state index >= 15 is 0 Å². The third-order valence-electron chi connectivity index (χ3n) is 1.68. The van der Waals surface area contributed by atoms with Gasteiger partial charge >= 0.3 is 0 Å². The van der Waals surface area contributed by atoms with Gasteiger partial charge in [0.05, 0.1) is 12.7 Å². The average Bonchev–Trinajstić information content (AvgIpc) is 1.87. The molecular weight excluding hydrogens is 142 g/mol. The molecule has 0 aromatic carbocycles. The van der Waals surface area contributed by atoms with Crippen LogP contribution < -0.4 is 5.32 Å². The molecule has 0 aliphatic rings. The number of aliphatic hydroxyl groups excluding tert-OH is 2. The molecule has 0 aromatic heterocycles. The highest BCUT2D eigenvalue weighted by Crippen LogP contribution is 1.99. The molecule has 3 heteroatoms. The van der Waals surface area contributed by atoms with Crippen molar-refractivity contribution in [2.45, 2.75) is 32.9 Å². The lowest BCUT2D eigenvalue weighted by molar-refractivity contribution is 0.160. The Morgan fingerprint density at radius 3 is 2.09 bits per heavy atom. The zero-order valence-electron chi connectivity index (χ0n) is 7.54. The maximum absolute atomic E-state index is 8.93. The number of hydrogen-bond acceptors (Lipinski definition) is 3. The fourth-order valence-corrected chi connectivity index (χ4v) is 0.833. The van der Waals surface area contributed by atoms with E-state index in [0.717, 1.165) is 0 Å². The Balaban J connectivity index is 3.52. The molecule has 1 unspecified atom stereocenters. The summed E-state index contributed by atoms with van der Waals surface area (Å²) in [5.74, 6) is 0.402. The molecule has 0 aliphatic heterocycles. The first-order valence-corrected chi connectivity index (χ1v) is 4.10. The average molecular weight is 161 g/mol. The standard InChI is InChI=1S/C8H19NO2/c1-6(2)8(5-10)9-4-7(3)11/h6-11H,4-5H2,1-3H3/t7-,8?/m1/s1. The highest BCUT2D eigenvalue weighted by Gasteiger charge is 2.11. The van der Waals surface area contributed by atoms with Gasteiger partial charge in [-0.2, -0.15) is 0 Å². The van der Waals surface area contributed by atoms with Gasteiger partial charge in [0.1, 0.15) is 0 Å². The summed E-state index contributed by atoms with van der Waals surface area (Å²) in [5, 5.41) is 20.9. The van der Waals surface area contributed by atoms with Crippen molar-refractivity contribution in [3.05, 3.63) is 0 Å². The molecule has 0 saturated heterocycles. The zero-order chi connectivity index (χ0) is 8.85. The van der Waals surface area contributed by atoms with Crippen LogP contribution in [0.3, 0.4) is 0 Å². The van der Waals surface area contributed by atoms with E-state index in [4.69, 9.17) is 10.2 Å². The van der Waals surface area contributed by atoms with Gasteiger partial charge in [0, 0.05) is 12.6 Å². The van der Waals surface area contributed by atoms with Crippen molar-refractivity contribution >= 4 is 0 Å². The molecular formula is C8H19NO2. The molecule has 0 aliphatic carbocycles. The maximum Gasteiger partial charge on any atom is 0.0636 e. The van der Waals surface area contributed by atoms with Gasteiger partial charge in [0.2, 0.25) is 0 Å². The predicted octanol–water partition coefficient (Wildman–Crippen LogP) is -0.0263. The second kappa shape index (κ2) is 5.52. The molecule has 0 radical (unpaired) electrons. The Morgan fingerprint density at radius 1 is 1.27 bits per heavy atom. The summed E-state index contributed by atoms with van der Waals surface area (Å²) in [4.78, 5) is 0. The molecule has 2 atom stereocenters. The summed E-state index contributed by atoms with van der Waals surface area (Å²) < 4.78 is 0. The molecule has 11 heavy (non-hydrogen) atoms. The number of hydrogen-bond donors (Lipinski definition) is 3. The third-order valence-corrected chi connectivity index (χ3v) is 1.68. The van der Waals surface area contributed by atoms with E-state index < -0.39 is 0 Å². The lowest BCUT2D eigenvalue weighted by atomic mass is 10.1. The Bertz CT molecular complexity index is 94.1. The van der Waals surface area contributed by atoms with Crippen molar-refractivity contribution in [2.75, 3.05) is 13.2 Å². The summed E-state index contributed by atoms with van der Waals surface area (Å²) in [6.45, 7) is 6.47. The molecule has 0 spiro atoms. The fraction of sp³-hybridized carbons (Fsp3) is 1.00. The van der Waals surface area contributed by atoms with Crippen LogP contribution in [0.15, 0.2) is 0 Å². The zero-order valence-corrected chi connectivity index (χ0v) is 7.54. The molecule has 0 amide bonds. The van der Waals surface area contributed by atoms with Crippen molar-refractivity contribution in [2.24, 2.45) is 5.92 Å². The summed E-state index contributed by atoms with van der Waals surface area (Å²) in [5.41, 5.74) is 0. The highest BCUT2D eigenvalue weighted by atomic mass is 16.3. The SMILES string of the molecule is CC(C)C(CO)NC[C@@H](C)O. The minimum Gasteiger partial charge on any atom is -0.395 e. The van der Waals surface area contributed by atoms with Crippen LogP contribution in [-0.4, -0.2) is 35.5 Å². The van der Waals surface area contributed by atoms with Gasteiger partial charge in [0.15, 0.2) is 0 Å². The minimum atomic E-state index is -0.345. The number of aliphatic hydroxyl groups is 2. The lowest BCUT2D eigenvalue weighted by Gasteiger charge is -2.20. The van der Waals surface area contributed by atoms with Crippen LogP contribution in [0.5, 0.6) is 0 Å². The van der Waals surface area contributed by atoms with Crippen LogP contribution in [0.1, 0.15) is 20.8 Å². The van der Waals surface area contributed by atoms with E-state index in [0.29, 0.717) is 12.5 Å². The maximum atomic E-state index is 8.93. The molecule has 0 heterocycles. The lowest BCUT2D eigenvalue weighted by Crippen LogP contribution is -2.40. The molecule has 0 bridgehead atoms. The molecule has 3 N–H and O–H groups in total. The first-order chi connectivity index (χ1) is 5.07. The van der Waals surface area contributed by atoms with Gasteiger partial charge in [-0.1, -0.05) is 13.8 Å². The quantitative estimate of drug-likeness (QED) is 0.531. The van der Waals surface area contributed by atoms with E-state index in [9.17, 15) is 0 Å². The monoisotopic (exact) mass is 161 g/mol. The Labute approximate surface area is 68.4 Å². The largest absolute Gasteiger partial charge is 0.395 e. The van der Waals surface area contributed by atoms with Gasteiger partial charge in [-0.15, -0.1) is 0 Å². The smallest absolute Gasteiger partial charge is 0.0636 e. The summed E-state index contributed by atoms with van der Waals surface area (Å²) in [7, 11) is 0. The minimum absolute atomic E-state index is 0.101. The van der Waals surface area contributed by atoms with Gasteiger partial charge in [-0.3, -0.25) is 0 Å². The highest BCUT2D eigenvalue weighted by molar-refractivity contribution is 4.69. The molecule has 0 rings (SSSR count). The van der Waals surface area contributed by atoms with Crippen LogP contribution in [0.25, 0.3) is 0 Å².